The summed E-state index contributed by atoms with van der Waals surface area (Å²) in [6.45, 7) is 1.92. The Bertz CT molecular complexity index is 804. The second-order valence-electron chi connectivity index (χ2n) is 4.78. The fourth-order valence-electron chi connectivity index (χ4n) is 2.13. The van der Waals surface area contributed by atoms with Gasteiger partial charge in [-0.25, -0.2) is 9.37 Å². The normalized spacial score (nSPS) is 10.8. The Morgan fingerprint density at radius 2 is 1.95 bits per heavy atom. The first-order valence-corrected chi connectivity index (χ1v) is 7.68. The zero-order valence-corrected chi connectivity index (χ0v) is 13.0. The number of pyridine rings is 1. The van der Waals surface area contributed by atoms with Crippen molar-refractivity contribution in [3.05, 3.63) is 65.6 Å². The number of ether oxygens (including phenoxy) is 1. The van der Waals surface area contributed by atoms with Crippen LogP contribution < -0.4 is 4.74 Å². The van der Waals surface area contributed by atoms with Gasteiger partial charge in [-0.15, -0.1) is 0 Å². The summed E-state index contributed by atoms with van der Waals surface area (Å²) in [6.07, 6.45) is 0. The lowest BCUT2D eigenvalue weighted by molar-refractivity contribution is 0.445. The molecule has 1 aromatic heterocycles. The highest BCUT2D eigenvalue weighted by atomic mass is 79.9. The fraction of sp³-hybridized carbons (Fsp3) is 0.118. The maximum absolute atomic E-state index is 14.0. The van der Waals surface area contributed by atoms with E-state index in [1.165, 1.54) is 6.07 Å². The largest absolute Gasteiger partial charge is 0.452 e. The molecule has 4 heteroatoms. The highest BCUT2D eigenvalue weighted by Crippen LogP contribution is 2.30. The summed E-state index contributed by atoms with van der Waals surface area (Å²) in [6, 6.07) is 14.5. The van der Waals surface area contributed by atoms with E-state index in [2.05, 4.69) is 20.9 Å². The number of para-hydroxylation sites is 1. The molecule has 21 heavy (non-hydrogen) atoms. The van der Waals surface area contributed by atoms with Crippen LogP contribution in [0.1, 0.15) is 11.3 Å². The predicted octanol–water partition coefficient (Wildman–Crippen LogP) is 5.37. The number of halogens is 2. The van der Waals surface area contributed by atoms with Crippen LogP contribution in [0.15, 0.2) is 48.5 Å². The molecule has 0 bridgehead atoms. The molecule has 2 aromatic carbocycles. The molecule has 0 N–H and O–H groups in total. The Balaban J connectivity index is 2.04. The fourth-order valence-corrected chi connectivity index (χ4v) is 2.48. The lowest BCUT2D eigenvalue weighted by Gasteiger charge is -2.10. The van der Waals surface area contributed by atoms with E-state index in [9.17, 15) is 4.39 Å². The van der Waals surface area contributed by atoms with E-state index in [0.29, 0.717) is 11.1 Å². The van der Waals surface area contributed by atoms with Gasteiger partial charge in [-0.1, -0.05) is 40.2 Å². The van der Waals surface area contributed by atoms with Gasteiger partial charge in [0.05, 0.1) is 0 Å². The third-order valence-electron chi connectivity index (χ3n) is 3.19. The third kappa shape index (κ3) is 2.90. The van der Waals surface area contributed by atoms with E-state index in [1.54, 1.807) is 12.1 Å². The molecular weight excluding hydrogens is 333 g/mol. The summed E-state index contributed by atoms with van der Waals surface area (Å²) in [5.41, 5.74) is 2.50. The predicted molar refractivity (Wildman–Crippen MR) is 85.6 cm³/mol. The minimum absolute atomic E-state index is 0.204. The van der Waals surface area contributed by atoms with E-state index in [4.69, 9.17) is 4.74 Å². The zero-order valence-electron chi connectivity index (χ0n) is 11.4. The van der Waals surface area contributed by atoms with Crippen molar-refractivity contribution >= 4 is 26.8 Å². The molecule has 0 radical (unpaired) electrons. The first-order chi connectivity index (χ1) is 10.2. The van der Waals surface area contributed by atoms with E-state index in [0.717, 1.165) is 22.2 Å². The summed E-state index contributed by atoms with van der Waals surface area (Å²) in [5, 5.41) is 1.58. The Labute approximate surface area is 130 Å². The first kappa shape index (κ1) is 14.0. The molecule has 0 fully saturated rings. The average molecular weight is 346 g/mol. The van der Waals surface area contributed by atoms with E-state index < -0.39 is 0 Å². The number of fused-ring (bicyclic) bond motifs is 1. The van der Waals surface area contributed by atoms with Crippen molar-refractivity contribution in [2.75, 3.05) is 0 Å². The second-order valence-corrected chi connectivity index (χ2v) is 5.34. The standard InChI is InChI=1S/C17H13BrFNO/c1-11-5-7-13-3-2-4-16(17(13)20-11)21-15-8-6-12(10-18)9-14(15)19/h2-9H,10H2,1H3. The number of hydrogen-bond acceptors (Lipinski definition) is 2. The summed E-state index contributed by atoms with van der Waals surface area (Å²) in [4.78, 5) is 4.48. The highest BCUT2D eigenvalue weighted by molar-refractivity contribution is 9.08. The first-order valence-electron chi connectivity index (χ1n) is 6.56. The van der Waals surface area contributed by atoms with Crippen molar-refractivity contribution in [3.63, 3.8) is 0 Å². The van der Waals surface area contributed by atoms with E-state index in [1.807, 2.05) is 37.3 Å². The summed E-state index contributed by atoms with van der Waals surface area (Å²) in [7, 11) is 0. The Morgan fingerprint density at radius 1 is 1.10 bits per heavy atom. The highest BCUT2D eigenvalue weighted by Gasteiger charge is 2.09. The van der Waals surface area contributed by atoms with Gasteiger partial charge >= 0.3 is 0 Å². The number of rotatable bonds is 3. The van der Waals surface area contributed by atoms with Gasteiger partial charge in [-0.05, 0) is 36.8 Å². The smallest absolute Gasteiger partial charge is 0.166 e. The maximum Gasteiger partial charge on any atom is 0.166 e. The van der Waals surface area contributed by atoms with Crippen molar-refractivity contribution in [3.8, 4) is 11.5 Å². The SMILES string of the molecule is Cc1ccc2cccc(Oc3ccc(CBr)cc3F)c2n1. The Kier molecular flexibility index (Phi) is 3.88. The van der Waals surface area contributed by atoms with Gasteiger partial charge in [-0.3, -0.25) is 0 Å². The quantitative estimate of drug-likeness (QED) is 0.595. The molecule has 0 aliphatic rings. The Hall–Kier alpha value is -1.94. The molecule has 106 valence electrons. The van der Waals surface area contributed by atoms with Gasteiger partial charge in [0, 0.05) is 16.4 Å². The molecule has 1 heterocycles. The molecule has 0 amide bonds. The average Bonchev–Trinajstić information content (AvgIpc) is 2.49. The molecule has 0 unspecified atom stereocenters. The van der Waals surface area contributed by atoms with Crippen LogP contribution in [0.2, 0.25) is 0 Å². The summed E-state index contributed by atoms with van der Waals surface area (Å²) >= 11 is 3.31. The van der Waals surface area contributed by atoms with Gasteiger partial charge in [0.15, 0.2) is 17.3 Å². The van der Waals surface area contributed by atoms with Crippen LogP contribution in [0.3, 0.4) is 0 Å². The summed E-state index contributed by atoms with van der Waals surface area (Å²) < 4.78 is 19.8. The second kappa shape index (κ2) is 5.82. The molecule has 3 rings (SSSR count). The number of nitrogens with zero attached hydrogens (tertiary/aromatic N) is 1. The minimum Gasteiger partial charge on any atom is -0.452 e. The van der Waals surface area contributed by atoms with Gasteiger partial charge < -0.3 is 4.74 Å². The molecule has 2 nitrogen and oxygen atoms in total. The van der Waals surface area contributed by atoms with Crippen LogP contribution >= 0.6 is 15.9 Å². The molecular formula is C17H13BrFNO. The topological polar surface area (TPSA) is 22.1 Å². The summed E-state index contributed by atoms with van der Waals surface area (Å²) in [5.74, 6) is 0.383. The van der Waals surface area contributed by atoms with Crippen LogP contribution in [0, 0.1) is 12.7 Å². The van der Waals surface area contributed by atoms with Crippen molar-refractivity contribution in [2.45, 2.75) is 12.3 Å². The number of aryl methyl sites for hydroxylation is 1. The van der Waals surface area contributed by atoms with Crippen molar-refractivity contribution < 1.29 is 9.13 Å². The number of aromatic nitrogens is 1. The van der Waals surface area contributed by atoms with Gasteiger partial charge in [0.1, 0.15) is 5.52 Å². The molecule has 0 saturated heterocycles. The molecule has 0 saturated carbocycles. The zero-order chi connectivity index (χ0) is 14.8. The minimum atomic E-state index is -0.378. The molecule has 3 aromatic rings. The lowest BCUT2D eigenvalue weighted by Crippen LogP contribution is -1.93. The number of benzene rings is 2. The maximum atomic E-state index is 14.0. The van der Waals surface area contributed by atoms with E-state index >= 15 is 0 Å². The van der Waals surface area contributed by atoms with Crippen LogP contribution in [0.25, 0.3) is 10.9 Å². The number of hydrogen-bond donors (Lipinski definition) is 0. The van der Waals surface area contributed by atoms with Gasteiger partial charge in [0.2, 0.25) is 0 Å². The third-order valence-corrected chi connectivity index (χ3v) is 3.84. The van der Waals surface area contributed by atoms with Crippen molar-refractivity contribution in [1.82, 2.24) is 4.98 Å². The van der Waals surface area contributed by atoms with Crippen LogP contribution in [-0.4, -0.2) is 4.98 Å². The Morgan fingerprint density at radius 3 is 2.71 bits per heavy atom. The van der Waals surface area contributed by atoms with Crippen LogP contribution in [0.4, 0.5) is 4.39 Å². The lowest BCUT2D eigenvalue weighted by atomic mass is 10.2. The molecule has 0 aliphatic heterocycles. The van der Waals surface area contributed by atoms with Crippen molar-refractivity contribution in [2.24, 2.45) is 0 Å². The monoisotopic (exact) mass is 345 g/mol. The number of alkyl halides is 1. The van der Waals surface area contributed by atoms with Gasteiger partial charge in [-0.2, -0.15) is 0 Å². The molecule has 0 atom stereocenters. The molecule has 0 spiro atoms. The van der Waals surface area contributed by atoms with Crippen molar-refractivity contribution in [1.29, 1.82) is 0 Å². The van der Waals surface area contributed by atoms with E-state index in [-0.39, 0.29) is 11.6 Å². The van der Waals surface area contributed by atoms with Crippen LogP contribution in [0.5, 0.6) is 11.5 Å². The van der Waals surface area contributed by atoms with Gasteiger partial charge in [0.25, 0.3) is 0 Å². The molecule has 0 aliphatic carbocycles. The van der Waals surface area contributed by atoms with Crippen LogP contribution in [-0.2, 0) is 5.33 Å².